The topological polar surface area (TPSA) is 26.0 Å². The van der Waals surface area contributed by atoms with Crippen LogP contribution in [0.1, 0.15) is 12.0 Å². The van der Waals surface area contributed by atoms with Gasteiger partial charge in [-0.05, 0) is 29.8 Å². The van der Waals surface area contributed by atoms with Crippen molar-refractivity contribution in [2.75, 3.05) is 5.73 Å². The van der Waals surface area contributed by atoms with Gasteiger partial charge in [0.05, 0.1) is 0 Å². The monoisotopic (exact) mass is 237 g/mol. The molecule has 4 heteroatoms. The van der Waals surface area contributed by atoms with Crippen molar-refractivity contribution in [1.29, 1.82) is 0 Å². The molecule has 2 N–H and O–H groups in total. The molecule has 0 aliphatic heterocycles. The van der Waals surface area contributed by atoms with E-state index in [0.717, 1.165) is 0 Å². The predicted molar refractivity (Wildman–Crippen MR) is 61.2 cm³/mol. The van der Waals surface area contributed by atoms with Crippen molar-refractivity contribution in [2.45, 2.75) is 6.43 Å². The van der Waals surface area contributed by atoms with Crippen LogP contribution >= 0.6 is 0 Å². The molecule has 2 aromatic rings. The largest absolute Gasteiger partial charge is 0.399 e. The molecule has 0 fully saturated rings. The molecule has 0 radical (unpaired) electrons. The summed E-state index contributed by atoms with van der Waals surface area (Å²) < 4.78 is 38.7. The van der Waals surface area contributed by atoms with Crippen LogP contribution in [0.5, 0.6) is 0 Å². The molecule has 0 amide bonds. The summed E-state index contributed by atoms with van der Waals surface area (Å²) >= 11 is 0. The first-order valence-corrected chi connectivity index (χ1v) is 5.01. The Bertz CT molecular complexity index is 538. The third-order valence-corrected chi connectivity index (χ3v) is 2.41. The van der Waals surface area contributed by atoms with Crippen molar-refractivity contribution < 1.29 is 13.2 Å². The minimum Gasteiger partial charge on any atom is -0.399 e. The molecule has 2 rings (SSSR count). The molecule has 0 aliphatic rings. The molecule has 0 aromatic heterocycles. The van der Waals surface area contributed by atoms with E-state index in [1.165, 1.54) is 30.3 Å². The second kappa shape index (κ2) is 4.49. The minimum absolute atomic E-state index is 0.195. The molecule has 0 spiro atoms. The molecule has 0 heterocycles. The Hall–Kier alpha value is -1.97. The Balaban J connectivity index is 2.56. The minimum atomic E-state index is -2.62. The summed E-state index contributed by atoms with van der Waals surface area (Å²) in [5, 5.41) is 0. The van der Waals surface area contributed by atoms with Gasteiger partial charge in [0.2, 0.25) is 0 Å². The molecule has 88 valence electrons. The Morgan fingerprint density at radius 2 is 1.71 bits per heavy atom. The number of nitrogen functional groups attached to an aromatic ring is 1. The normalized spacial score (nSPS) is 10.8. The van der Waals surface area contributed by atoms with Gasteiger partial charge in [-0.1, -0.05) is 18.2 Å². The first-order chi connectivity index (χ1) is 8.08. The summed E-state index contributed by atoms with van der Waals surface area (Å²) in [6, 6.07) is 9.90. The van der Waals surface area contributed by atoms with Gasteiger partial charge < -0.3 is 5.73 Å². The number of nitrogens with two attached hydrogens (primary N) is 1. The molecule has 0 unspecified atom stereocenters. The van der Waals surface area contributed by atoms with E-state index in [0.29, 0.717) is 5.56 Å². The lowest BCUT2D eigenvalue weighted by Crippen LogP contribution is -1.93. The van der Waals surface area contributed by atoms with Crippen LogP contribution < -0.4 is 5.73 Å². The number of halogens is 3. The van der Waals surface area contributed by atoms with Crippen LogP contribution in [0.2, 0.25) is 0 Å². The van der Waals surface area contributed by atoms with E-state index in [4.69, 9.17) is 5.73 Å². The molecule has 1 nitrogen and oxygen atoms in total. The van der Waals surface area contributed by atoms with Crippen LogP contribution in [0.25, 0.3) is 11.1 Å². The zero-order chi connectivity index (χ0) is 12.4. The van der Waals surface area contributed by atoms with Crippen molar-refractivity contribution in [2.24, 2.45) is 0 Å². The van der Waals surface area contributed by atoms with E-state index < -0.39 is 12.2 Å². The van der Waals surface area contributed by atoms with E-state index in [1.54, 1.807) is 12.1 Å². The second-order valence-corrected chi connectivity index (χ2v) is 3.67. The first kappa shape index (κ1) is 11.5. The Labute approximate surface area is 96.7 Å². The average Bonchev–Trinajstić information content (AvgIpc) is 2.28. The van der Waals surface area contributed by atoms with E-state index in [9.17, 15) is 13.2 Å². The third-order valence-electron chi connectivity index (χ3n) is 2.41. The molecule has 0 aliphatic carbocycles. The molecule has 0 bridgehead atoms. The van der Waals surface area contributed by atoms with Gasteiger partial charge in [-0.25, -0.2) is 13.2 Å². The van der Waals surface area contributed by atoms with Gasteiger partial charge in [-0.3, -0.25) is 0 Å². The van der Waals surface area contributed by atoms with E-state index >= 15 is 0 Å². The molecular formula is C13H10F3N. The van der Waals surface area contributed by atoms with Gasteiger partial charge in [-0.15, -0.1) is 0 Å². The van der Waals surface area contributed by atoms with Gasteiger partial charge in [0.15, 0.2) is 0 Å². The fourth-order valence-corrected chi connectivity index (χ4v) is 1.65. The lowest BCUT2D eigenvalue weighted by atomic mass is 10.0. The average molecular weight is 237 g/mol. The molecular weight excluding hydrogens is 227 g/mol. The summed E-state index contributed by atoms with van der Waals surface area (Å²) in [6.45, 7) is 0. The SMILES string of the molecule is Nc1cc(-c2ccccc2F)cc(C(F)F)c1. The standard InChI is InChI=1S/C13H10F3N/c14-12-4-2-1-3-11(12)8-5-9(13(15)16)7-10(17)6-8/h1-7,13H,17H2. The lowest BCUT2D eigenvalue weighted by molar-refractivity contribution is 0.151. The summed E-state index contributed by atoms with van der Waals surface area (Å²) in [4.78, 5) is 0. The zero-order valence-electron chi connectivity index (χ0n) is 8.83. The smallest absolute Gasteiger partial charge is 0.263 e. The molecule has 0 saturated carbocycles. The number of hydrogen-bond acceptors (Lipinski definition) is 1. The Morgan fingerprint density at radius 3 is 2.35 bits per heavy atom. The predicted octanol–water partition coefficient (Wildman–Crippen LogP) is 4.01. The maximum Gasteiger partial charge on any atom is 0.263 e. The van der Waals surface area contributed by atoms with Crippen LogP contribution in [-0.4, -0.2) is 0 Å². The highest BCUT2D eigenvalue weighted by molar-refractivity contribution is 5.69. The highest BCUT2D eigenvalue weighted by Gasteiger charge is 2.11. The third kappa shape index (κ3) is 2.41. The van der Waals surface area contributed by atoms with Gasteiger partial charge >= 0.3 is 0 Å². The summed E-state index contributed by atoms with van der Waals surface area (Å²) in [5.74, 6) is -0.460. The van der Waals surface area contributed by atoms with Crippen LogP contribution in [0, 0.1) is 5.82 Å². The highest BCUT2D eigenvalue weighted by atomic mass is 19.3. The van der Waals surface area contributed by atoms with Gasteiger partial charge in [0.25, 0.3) is 6.43 Å². The molecule has 0 atom stereocenters. The zero-order valence-corrected chi connectivity index (χ0v) is 8.83. The fourth-order valence-electron chi connectivity index (χ4n) is 1.65. The Kier molecular flexibility index (Phi) is 3.04. The summed E-state index contributed by atoms with van der Waals surface area (Å²) in [7, 11) is 0. The van der Waals surface area contributed by atoms with E-state index in [-0.39, 0.29) is 16.8 Å². The van der Waals surface area contributed by atoms with Crippen molar-refractivity contribution in [3.63, 3.8) is 0 Å². The molecule has 0 saturated heterocycles. The first-order valence-electron chi connectivity index (χ1n) is 5.01. The maximum absolute atomic E-state index is 13.5. The van der Waals surface area contributed by atoms with E-state index in [2.05, 4.69) is 0 Å². The van der Waals surface area contributed by atoms with Crippen molar-refractivity contribution >= 4 is 5.69 Å². The van der Waals surface area contributed by atoms with Crippen LogP contribution in [-0.2, 0) is 0 Å². The number of rotatable bonds is 2. The highest BCUT2D eigenvalue weighted by Crippen LogP contribution is 2.29. The van der Waals surface area contributed by atoms with Crippen molar-refractivity contribution in [3.05, 3.63) is 53.8 Å². The molecule has 17 heavy (non-hydrogen) atoms. The van der Waals surface area contributed by atoms with Gasteiger partial charge in [0.1, 0.15) is 5.82 Å². The summed E-state index contributed by atoms with van der Waals surface area (Å²) in [5.41, 5.74) is 6.14. The van der Waals surface area contributed by atoms with Crippen molar-refractivity contribution in [1.82, 2.24) is 0 Å². The number of benzene rings is 2. The van der Waals surface area contributed by atoms with Crippen LogP contribution in [0.3, 0.4) is 0 Å². The fraction of sp³-hybridized carbons (Fsp3) is 0.0769. The Morgan fingerprint density at radius 1 is 1.00 bits per heavy atom. The van der Waals surface area contributed by atoms with E-state index in [1.807, 2.05) is 0 Å². The van der Waals surface area contributed by atoms with Crippen LogP contribution in [0.4, 0.5) is 18.9 Å². The maximum atomic E-state index is 13.5. The van der Waals surface area contributed by atoms with Crippen LogP contribution in [0.15, 0.2) is 42.5 Å². The summed E-state index contributed by atoms with van der Waals surface area (Å²) in [6.07, 6.45) is -2.62. The number of hydrogen-bond donors (Lipinski definition) is 1. The second-order valence-electron chi connectivity index (χ2n) is 3.67. The number of alkyl halides is 2. The van der Waals surface area contributed by atoms with Gasteiger partial charge in [-0.2, -0.15) is 0 Å². The quantitative estimate of drug-likeness (QED) is 0.784. The van der Waals surface area contributed by atoms with Gasteiger partial charge in [0, 0.05) is 16.8 Å². The van der Waals surface area contributed by atoms with Crippen molar-refractivity contribution in [3.8, 4) is 11.1 Å². The molecule has 2 aromatic carbocycles. The number of anilines is 1. The lowest BCUT2D eigenvalue weighted by Gasteiger charge is -2.08.